The maximum absolute atomic E-state index is 3.67. The zero-order chi connectivity index (χ0) is 13.0. The Labute approximate surface area is 113 Å². The van der Waals surface area contributed by atoms with Gasteiger partial charge in [0.1, 0.15) is 0 Å². The lowest BCUT2D eigenvalue weighted by Gasteiger charge is -2.47. The average molecular weight is 249 g/mol. The van der Waals surface area contributed by atoms with Gasteiger partial charge in [0.15, 0.2) is 0 Å². The van der Waals surface area contributed by atoms with E-state index in [0.717, 1.165) is 12.5 Å². The summed E-state index contributed by atoms with van der Waals surface area (Å²) in [5.41, 5.74) is 2.42. The van der Waals surface area contributed by atoms with Gasteiger partial charge in [-0.15, -0.1) is 0 Å². The van der Waals surface area contributed by atoms with Crippen LogP contribution >= 0.6 is 0 Å². The van der Waals surface area contributed by atoms with Crippen molar-refractivity contribution in [1.29, 1.82) is 0 Å². The molecule has 0 aliphatic heterocycles. The third-order valence-corrected chi connectivity index (χ3v) is 5.45. The molecule has 1 N–H and O–H groups in total. The van der Waals surface area contributed by atoms with E-state index in [1.807, 2.05) is 5.57 Å². The highest BCUT2D eigenvalue weighted by Crippen LogP contribution is 2.53. The number of hydrogen-bond donors (Lipinski definition) is 1. The first-order valence-corrected chi connectivity index (χ1v) is 8.17. The maximum atomic E-state index is 3.67. The Morgan fingerprint density at radius 2 is 2.06 bits per heavy atom. The number of allylic oxidation sites excluding steroid dienone is 1. The van der Waals surface area contributed by atoms with Crippen LogP contribution < -0.4 is 5.32 Å². The number of fused-ring (bicyclic) bond motifs is 1. The summed E-state index contributed by atoms with van der Waals surface area (Å²) in [6, 6.07) is 0.658. The molecule has 2 aliphatic carbocycles. The summed E-state index contributed by atoms with van der Waals surface area (Å²) < 4.78 is 0. The molecule has 1 fully saturated rings. The Balaban J connectivity index is 2.14. The molecule has 0 aromatic carbocycles. The van der Waals surface area contributed by atoms with Crippen molar-refractivity contribution in [2.75, 3.05) is 6.54 Å². The second kappa shape index (κ2) is 6.23. The molecule has 2 aliphatic rings. The third kappa shape index (κ3) is 2.66. The van der Waals surface area contributed by atoms with Crippen molar-refractivity contribution in [3.8, 4) is 0 Å². The van der Waals surface area contributed by atoms with Crippen LogP contribution in [-0.4, -0.2) is 12.6 Å². The summed E-state index contributed by atoms with van der Waals surface area (Å²) in [5.74, 6) is 0.803. The van der Waals surface area contributed by atoms with Crippen LogP contribution in [-0.2, 0) is 0 Å². The Kier molecular flexibility index (Phi) is 4.89. The summed E-state index contributed by atoms with van der Waals surface area (Å²) in [6.07, 6.45) is 13.9. The summed E-state index contributed by atoms with van der Waals surface area (Å²) in [7, 11) is 0. The second-order valence-corrected chi connectivity index (χ2v) is 6.40. The smallest absolute Gasteiger partial charge is 0.0104 e. The lowest BCUT2D eigenvalue weighted by atomic mass is 9.59. The second-order valence-electron chi connectivity index (χ2n) is 6.40. The van der Waals surface area contributed by atoms with E-state index >= 15 is 0 Å². The van der Waals surface area contributed by atoms with Gasteiger partial charge < -0.3 is 5.32 Å². The van der Waals surface area contributed by atoms with Gasteiger partial charge in [0.05, 0.1) is 0 Å². The third-order valence-electron chi connectivity index (χ3n) is 5.45. The SMILES string of the molecule is CCNC(C)C1CCCCCCC2(CC)CC=C12. The molecular formula is C17H31N. The molecule has 1 nitrogen and oxygen atoms in total. The predicted octanol–water partition coefficient (Wildman–Crippen LogP) is 4.68. The number of nitrogens with one attached hydrogen (secondary N) is 1. The Morgan fingerprint density at radius 1 is 1.28 bits per heavy atom. The van der Waals surface area contributed by atoms with Crippen LogP contribution in [0.1, 0.15) is 72.1 Å². The quantitative estimate of drug-likeness (QED) is 0.713. The van der Waals surface area contributed by atoms with E-state index in [-0.39, 0.29) is 0 Å². The topological polar surface area (TPSA) is 12.0 Å². The normalized spacial score (nSPS) is 34.4. The molecule has 1 heteroatoms. The Bertz CT molecular complexity index is 294. The van der Waals surface area contributed by atoms with Gasteiger partial charge in [-0.3, -0.25) is 0 Å². The van der Waals surface area contributed by atoms with E-state index < -0.39 is 0 Å². The van der Waals surface area contributed by atoms with Gasteiger partial charge in [-0.25, -0.2) is 0 Å². The van der Waals surface area contributed by atoms with Crippen LogP contribution in [0.5, 0.6) is 0 Å². The van der Waals surface area contributed by atoms with Gasteiger partial charge >= 0.3 is 0 Å². The maximum Gasteiger partial charge on any atom is 0.0104 e. The van der Waals surface area contributed by atoms with Crippen molar-refractivity contribution in [2.24, 2.45) is 11.3 Å². The first-order valence-electron chi connectivity index (χ1n) is 8.17. The highest BCUT2D eigenvalue weighted by molar-refractivity contribution is 5.29. The fraction of sp³-hybridized carbons (Fsp3) is 0.882. The fourth-order valence-corrected chi connectivity index (χ4v) is 4.15. The average Bonchev–Trinajstić information content (AvgIpc) is 2.40. The molecular weight excluding hydrogens is 218 g/mol. The molecule has 0 bridgehead atoms. The highest BCUT2D eigenvalue weighted by atomic mass is 14.9. The molecule has 3 atom stereocenters. The molecule has 1 saturated carbocycles. The number of rotatable bonds is 4. The monoisotopic (exact) mass is 249 g/mol. The van der Waals surface area contributed by atoms with Crippen molar-refractivity contribution >= 4 is 0 Å². The van der Waals surface area contributed by atoms with Crippen LogP contribution in [0.4, 0.5) is 0 Å². The standard InChI is InChI=1S/C17H31N/c1-4-17-12-9-7-6-8-10-15(14(3)18-5-2)16(17)11-13-17/h11,14-15,18H,4-10,12-13H2,1-3H3. The van der Waals surface area contributed by atoms with Crippen molar-refractivity contribution < 1.29 is 0 Å². The summed E-state index contributed by atoms with van der Waals surface area (Å²) >= 11 is 0. The van der Waals surface area contributed by atoms with Crippen molar-refractivity contribution in [3.63, 3.8) is 0 Å². The highest BCUT2D eigenvalue weighted by Gasteiger charge is 2.42. The Hall–Kier alpha value is -0.300. The molecule has 0 saturated heterocycles. The zero-order valence-corrected chi connectivity index (χ0v) is 12.6. The molecule has 0 amide bonds. The molecule has 0 heterocycles. The molecule has 0 spiro atoms. The van der Waals surface area contributed by atoms with E-state index in [2.05, 4.69) is 32.2 Å². The van der Waals surface area contributed by atoms with Gasteiger partial charge in [0.25, 0.3) is 0 Å². The summed E-state index contributed by atoms with van der Waals surface area (Å²) in [5, 5.41) is 3.67. The molecule has 3 unspecified atom stereocenters. The van der Waals surface area contributed by atoms with Crippen LogP contribution in [0.25, 0.3) is 0 Å². The zero-order valence-electron chi connectivity index (χ0n) is 12.6. The minimum absolute atomic E-state index is 0.596. The minimum Gasteiger partial charge on any atom is -0.314 e. The van der Waals surface area contributed by atoms with Gasteiger partial charge in [0, 0.05) is 6.04 Å². The molecule has 0 aromatic rings. The van der Waals surface area contributed by atoms with E-state index in [9.17, 15) is 0 Å². The van der Waals surface area contributed by atoms with E-state index in [4.69, 9.17) is 0 Å². The van der Waals surface area contributed by atoms with E-state index in [1.54, 1.807) is 0 Å². The van der Waals surface area contributed by atoms with Crippen LogP contribution in [0, 0.1) is 11.3 Å². The summed E-state index contributed by atoms with van der Waals surface area (Å²) in [4.78, 5) is 0. The van der Waals surface area contributed by atoms with Gasteiger partial charge in [-0.2, -0.15) is 0 Å². The first-order chi connectivity index (χ1) is 8.73. The van der Waals surface area contributed by atoms with Crippen LogP contribution in [0.15, 0.2) is 11.6 Å². The Morgan fingerprint density at radius 3 is 2.67 bits per heavy atom. The predicted molar refractivity (Wildman–Crippen MR) is 79.8 cm³/mol. The van der Waals surface area contributed by atoms with Crippen molar-refractivity contribution in [3.05, 3.63) is 11.6 Å². The minimum atomic E-state index is 0.596. The van der Waals surface area contributed by atoms with Gasteiger partial charge in [0.2, 0.25) is 0 Å². The fourth-order valence-electron chi connectivity index (χ4n) is 4.15. The molecule has 18 heavy (non-hydrogen) atoms. The lowest BCUT2D eigenvalue weighted by molar-refractivity contribution is 0.221. The van der Waals surface area contributed by atoms with E-state index in [1.165, 1.54) is 51.4 Å². The molecule has 0 aromatic heterocycles. The first kappa shape index (κ1) is 14.1. The van der Waals surface area contributed by atoms with Crippen molar-refractivity contribution in [2.45, 2.75) is 78.2 Å². The molecule has 104 valence electrons. The molecule has 2 rings (SSSR count). The van der Waals surface area contributed by atoms with Crippen LogP contribution in [0.3, 0.4) is 0 Å². The van der Waals surface area contributed by atoms with Gasteiger partial charge in [-0.1, -0.05) is 51.2 Å². The largest absolute Gasteiger partial charge is 0.314 e. The number of hydrogen-bond acceptors (Lipinski definition) is 1. The van der Waals surface area contributed by atoms with Crippen molar-refractivity contribution in [1.82, 2.24) is 5.32 Å². The van der Waals surface area contributed by atoms with E-state index in [0.29, 0.717) is 11.5 Å². The van der Waals surface area contributed by atoms with Crippen LogP contribution in [0.2, 0.25) is 0 Å². The van der Waals surface area contributed by atoms with Gasteiger partial charge in [-0.05, 0) is 50.5 Å². The summed E-state index contributed by atoms with van der Waals surface area (Å²) in [6.45, 7) is 8.13. The lowest BCUT2D eigenvalue weighted by Crippen LogP contribution is -2.42. The molecule has 0 radical (unpaired) electrons.